The smallest absolute Gasteiger partial charge is 0.276 e. The molecule has 27 heavy (non-hydrogen) atoms. The van der Waals surface area contributed by atoms with Crippen molar-refractivity contribution in [3.05, 3.63) is 29.3 Å². The van der Waals surface area contributed by atoms with E-state index in [1.54, 1.807) is 11.8 Å². The van der Waals surface area contributed by atoms with Crippen LogP contribution in [0.1, 0.15) is 31.9 Å². The number of ether oxygens (including phenoxy) is 1. The molecule has 0 saturated carbocycles. The lowest BCUT2D eigenvalue weighted by molar-refractivity contribution is -1.02. The van der Waals surface area contributed by atoms with Gasteiger partial charge in [0.15, 0.2) is 6.54 Å². The second-order valence-corrected chi connectivity index (χ2v) is 8.41. The summed E-state index contributed by atoms with van der Waals surface area (Å²) in [6, 6.07) is 8.81. The first-order valence-electron chi connectivity index (χ1n) is 10.0. The van der Waals surface area contributed by atoms with Crippen LogP contribution < -0.4 is 19.9 Å². The zero-order chi connectivity index (χ0) is 19.4. The highest BCUT2D eigenvalue weighted by Crippen LogP contribution is 2.25. The Kier molecular flexibility index (Phi) is 6.03. The quantitative estimate of drug-likeness (QED) is 0.597. The maximum Gasteiger partial charge on any atom is 0.276 e. The number of hydrogen-bond donors (Lipinski definition) is 3. The van der Waals surface area contributed by atoms with E-state index in [-0.39, 0.29) is 11.8 Å². The summed E-state index contributed by atoms with van der Waals surface area (Å²) >= 11 is 0. The van der Waals surface area contributed by atoms with Crippen molar-refractivity contribution in [2.24, 2.45) is 5.92 Å². The molecule has 2 aliphatic heterocycles. The summed E-state index contributed by atoms with van der Waals surface area (Å²) in [5, 5.41) is 12.3. The highest BCUT2D eigenvalue weighted by atomic mass is 16.5. The van der Waals surface area contributed by atoms with E-state index in [4.69, 9.17) is 4.74 Å². The van der Waals surface area contributed by atoms with E-state index in [0.29, 0.717) is 6.54 Å². The van der Waals surface area contributed by atoms with Crippen LogP contribution in [0.15, 0.2) is 18.2 Å². The fraction of sp³-hybridized carbons (Fsp3) is 0.619. The van der Waals surface area contributed by atoms with Gasteiger partial charge in [-0.1, -0.05) is 13.8 Å². The van der Waals surface area contributed by atoms with Crippen LogP contribution in [0.25, 0.3) is 0 Å². The fourth-order valence-corrected chi connectivity index (χ4v) is 3.81. The third kappa shape index (κ3) is 4.79. The SMILES string of the molecule is CC(C)[C@@](C)(C#N)NC(=O)C[NH+]1CC[NH+](Cc2ccc3c(c2)CCO3)CC1. The van der Waals surface area contributed by atoms with Crippen LogP contribution in [-0.4, -0.2) is 50.8 Å². The first kappa shape index (κ1) is 19.7. The highest BCUT2D eigenvalue weighted by Gasteiger charge is 2.32. The van der Waals surface area contributed by atoms with Gasteiger partial charge < -0.3 is 19.9 Å². The zero-order valence-electron chi connectivity index (χ0n) is 16.7. The van der Waals surface area contributed by atoms with Gasteiger partial charge >= 0.3 is 0 Å². The first-order chi connectivity index (χ1) is 12.9. The fourth-order valence-electron chi connectivity index (χ4n) is 3.81. The Morgan fingerprint density at radius 2 is 2.00 bits per heavy atom. The lowest BCUT2D eigenvalue weighted by Gasteiger charge is -2.31. The van der Waals surface area contributed by atoms with Crippen molar-refractivity contribution in [3.8, 4) is 11.8 Å². The van der Waals surface area contributed by atoms with Crippen LogP contribution >= 0.6 is 0 Å². The summed E-state index contributed by atoms with van der Waals surface area (Å²) in [5.74, 6) is 1.10. The third-order valence-electron chi connectivity index (χ3n) is 6.07. The zero-order valence-corrected chi connectivity index (χ0v) is 16.7. The molecule has 1 aromatic carbocycles. The largest absolute Gasteiger partial charge is 0.493 e. The molecule has 3 rings (SSSR count). The summed E-state index contributed by atoms with van der Waals surface area (Å²) in [6.45, 7) is 12.1. The van der Waals surface area contributed by atoms with Gasteiger partial charge in [0, 0.05) is 12.0 Å². The second-order valence-electron chi connectivity index (χ2n) is 8.41. The van der Waals surface area contributed by atoms with Gasteiger partial charge in [-0.2, -0.15) is 5.26 Å². The molecule has 0 aromatic heterocycles. The molecule has 1 fully saturated rings. The average molecular weight is 373 g/mol. The Morgan fingerprint density at radius 3 is 2.67 bits per heavy atom. The number of piperazine rings is 1. The number of carbonyl (C=O) groups excluding carboxylic acids is 1. The molecule has 3 N–H and O–H groups in total. The summed E-state index contributed by atoms with van der Waals surface area (Å²) in [4.78, 5) is 15.2. The van der Waals surface area contributed by atoms with Crippen molar-refractivity contribution in [2.45, 2.75) is 39.3 Å². The number of nitrogens with one attached hydrogen (secondary N) is 3. The molecule has 2 heterocycles. The molecule has 1 aromatic rings. The number of carbonyl (C=O) groups is 1. The highest BCUT2D eigenvalue weighted by molar-refractivity contribution is 5.78. The minimum Gasteiger partial charge on any atom is -0.493 e. The maximum absolute atomic E-state index is 12.4. The van der Waals surface area contributed by atoms with E-state index in [1.165, 1.54) is 16.0 Å². The standard InChI is InChI=1S/C21H30N4O2/c1-16(2)21(3,15-22)23-20(26)14-25-9-7-24(8-10-25)13-17-4-5-19-18(12-17)6-11-27-19/h4-5,12,16H,6-11,13-14H2,1-3H3,(H,23,26)/p+2/t21-/m1/s1. The van der Waals surface area contributed by atoms with Gasteiger partial charge in [0.1, 0.15) is 44.0 Å². The number of nitrogens with zero attached hydrogens (tertiary/aromatic N) is 1. The number of fused-ring (bicyclic) bond motifs is 1. The number of quaternary nitrogens is 2. The number of nitriles is 1. The third-order valence-corrected chi connectivity index (χ3v) is 6.07. The molecule has 1 amide bonds. The molecule has 0 spiro atoms. The molecule has 146 valence electrons. The second kappa shape index (κ2) is 8.28. The van der Waals surface area contributed by atoms with Gasteiger partial charge in [-0.25, -0.2) is 0 Å². The van der Waals surface area contributed by atoms with Crippen molar-refractivity contribution < 1.29 is 19.3 Å². The Balaban J connectivity index is 1.45. The van der Waals surface area contributed by atoms with Crippen LogP contribution in [0.4, 0.5) is 0 Å². The lowest BCUT2D eigenvalue weighted by Crippen LogP contribution is -3.28. The first-order valence-corrected chi connectivity index (χ1v) is 10.0. The Hall–Kier alpha value is -2.10. The van der Waals surface area contributed by atoms with Crippen molar-refractivity contribution in [3.63, 3.8) is 0 Å². The van der Waals surface area contributed by atoms with Gasteiger partial charge in [-0.3, -0.25) is 4.79 Å². The van der Waals surface area contributed by atoms with E-state index in [1.807, 2.05) is 13.8 Å². The Bertz CT molecular complexity index is 719. The van der Waals surface area contributed by atoms with Crippen LogP contribution in [0, 0.1) is 17.2 Å². The molecule has 0 unspecified atom stereocenters. The molecular formula is C21H32N4O2+2. The van der Waals surface area contributed by atoms with Crippen LogP contribution in [-0.2, 0) is 17.8 Å². The van der Waals surface area contributed by atoms with Gasteiger partial charge in [0.05, 0.1) is 12.7 Å². The number of hydrogen-bond acceptors (Lipinski definition) is 3. The molecule has 2 aliphatic rings. The molecule has 0 bridgehead atoms. The minimum atomic E-state index is -0.791. The van der Waals surface area contributed by atoms with Gasteiger partial charge in [0.25, 0.3) is 5.91 Å². The number of amides is 1. The molecule has 0 aliphatic carbocycles. The van der Waals surface area contributed by atoms with Gasteiger partial charge in [-0.15, -0.1) is 0 Å². The lowest BCUT2D eigenvalue weighted by atomic mass is 9.90. The van der Waals surface area contributed by atoms with E-state index < -0.39 is 5.54 Å². The minimum absolute atomic E-state index is 0.0233. The molecule has 1 saturated heterocycles. The predicted octanol–water partition coefficient (Wildman–Crippen LogP) is -1.04. The molecule has 6 nitrogen and oxygen atoms in total. The van der Waals surface area contributed by atoms with E-state index in [0.717, 1.165) is 51.5 Å². The van der Waals surface area contributed by atoms with E-state index in [2.05, 4.69) is 29.6 Å². The van der Waals surface area contributed by atoms with Gasteiger partial charge in [0.2, 0.25) is 0 Å². The molecule has 1 atom stereocenters. The van der Waals surface area contributed by atoms with E-state index >= 15 is 0 Å². The average Bonchev–Trinajstić information content (AvgIpc) is 3.10. The topological polar surface area (TPSA) is 71.0 Å². The van der Waals surface area contributed by atoms with Crippen LogP contribution in [0.5, 0.6) is 5.75 Å². The molecule has 6 heteroatoms. The Labute approximate surface area is 162 Å². The van der Waals surface area contributed by atoms with Gasteiger partial charge in [-0.05, 0) is 36.6 Å². The predicted molar refractivity (Wildman–Crippen MR) is 103 cm³/mol. The van der Waals surface area contributed by atoms with Crippen molar-refractivity contribution in [1.82, 2.24) is 5.32 Å². The van der Waals surface area contributed by atoms with E-state index in [9.17, 15) is 10.1 Å². The number of rotatable bonds is 6. The van der Waals surface area contributed by atoms with Crippen LogP contribution in [0.2, 0.25) is 0 Å². The maximum atomic E-state index is 12.4. The molecular weight excluding hydrogens is 340 g/mol. The van der Waals surface area contributed by atoms with Crippen molar-refractivity contribution in [2.75, 3.05) is 39.3 Å². The summed E-state index contributed by atoms with van der Waals surface area (Å²) in [7, 11) is 0. The number of benzene rings is 1. The summed E-state index contributed by atoms with van der Waals surface area (Å²) in [6.07, 6.45) is 1.02. The summed E-state index contributed by atoms with van der Waals surface area (Å²) in [5.41, 5.74) is 1.91. The van der Waals surface area contributed by atoms with Crippen molar-refractivity contribution in [1.29, 1.82) is 5.26 Å². The Morgan fingerprint density at radius 1 is 1.30 bits per heavy atom. The monoisotopic (exact) mass is 372 g/mol. The summed E-state index contributed by atoms with van der Waals surface area (Å²) < 4.78 is 5.58. The van der Waals surface area contributed by atoms with Crippen molar-refractivity contribution >= 4 is 5.91 Å². The molecule has 0 radical (unpaired) electrons. The normalized spacial score (nSPS) is 23.8. The van der Waals surface area contributed by atoms with Crippen LogP contribution in [0.3, 0.4) is 0 Å².